The van der Waals surface area contributed by atoms with E-state index in [4.69, 9.17) is 10.5 Å². The van der Waals surface area contributed by atoms with Gasteiger partial charge >= 0.3 is 0 Å². The molecule has 4 nitrogen and oxygen atoms in total. The first-order valence-corrected chi connectivity index (χ1v) is 7.23. The SMILES string of the molecule is CC1CC(NC(=O)C2CCC(C)C(N)C2)CCO1. The molecule has 1 saturated carbocycles. The van der Waals surface area contributed by atoms with E-state index in [2.05, 4.69) is 19.2 Å². The van der Waals surface area contributed by atoms with E-state index in [0.717, 1.165) is 38.7 Å². The van der Waals surface area contributed by atoms with Crippen LogP contribution in [0.15, 0.2) is 0 Å². The lowest BCUT2D eigenvalue weighted by atomic mass is 9.79. The molecule has 4 heteroatoms. The monoisotopic (exact) mass is 254 g/mol. The zero-order valence-electron chi connectivity index (χ0n) is 11.5. The Kier molecular flexibility index (Phi) is 4.62. The zero-order chi connectivity index (χ0) is 13.1. The summed E-state index contributed by atoms with van der Waals surface area (Å²) in [6.45, 7) is 5.00. The molecule has 1 aliphatic heterocycles. The molecular weight excluding hydrogens is 228 g/mol. The van der Waals surface area contributed by atoms with Crippen LogP contribution in [-0.2, 0) is 9.53 Å². The molecule has 3 N–H and O–H groups in total. The second-order valence-electron chi connectivity index (χ2n) is 6.06. The summed E-state index contributed by atoms with van der Waals surface area (Å²) in [6.07, 6.45) is 5.03. The number of nitrogens with one attached hydrogen (secondary N) is 1. The second kappa shape index (κ2) is 6.02. The highest BCUT2D eigenvalue weighted by Crippen LogP contribution is 2.28. The minimum absolute atomic E-state index is 0.120. The van der Waals surface area contributed by atoms with Crippen molar-refractivity contribution < 1.29 is 9.53 Å². The van der Waals surface area contributed by atoms with Crippen LogP contribution in [0.3, 0.4) is 0 Å². The average Bonchev–Trinajstić information content (AvgIpc) is 2.32. The third-order valence-corrected chi connectivity index (χ3v) is 4.46. The van der Waals surface area contributed by atoms with E-state index in [1.165, 1.54) is 0 Å². The molecule has 0 spiro atoms. The molecule has 0 aromatic heterocycles. The Morgan fingerprint density at radius 2 is 2.00 bits per heavy atom. The third kappa shape index (κ3) is 3.45. The minimum atomic E-state index is 0.120. The van der Waals surface area contributed by atoms with Gasteiger partial charge in [0.2, 0.25) is 5.91 Å². The molecule has 1 aliphatic carbocycles. The maximum absolute atomic E-state index is 12.2. The molecule has 2 rings (SSSR count). The van der Waals surface area contributed by atoms with Crippen LogP contribution in [0.2, 0.25) is 0 Å². The van der Waals surface area contributed by atoms with Crippen molar-refractivity contribution in [3.05, 3.63) is 0 Å². The van der Waals surface area contributed by atoms with Crippen LogP contribution in [0, 0.1) is 11.8 Å². The first-order valence-electron chi connectivity index (χ1n) is 7.23. The molecule has 1 heterocycles. The summed E-state index contributed by atoms with van der Waals surface area (Å²) in [5.41, 5.74) is 6.06. The van der Waals surface area contributed by atoms with Gasteiger partial charge in [0, 0.05) is 24.6 Å². The van der Waals surface area contributed by atoms with E-state index >= 15 is 0 Å². The number of ether oxygens (including phenoxy) is 1. The van der Waals surface area contributed by atoms with Crippen molar-refractivity contribution in [2.24, 2.45) is 17.6 Å². The number of amides is 1. The van der Waals surface area contributed by atoms with Gasteiger partial charge in [-0.3, -0.25) is 4.79 Å². The van der Waals surface area contributed by atoms with Gasteiger partial charge in [0.1, 0.15) is 0 Å². The Hall–Kier alpha value is -0.610. The normalized spacial score (nSPS) is 41.4. The largest absolute Gasteiger partial charge is 0.378 e. The van der Waals surface area contributed by atoms with E-state index in [1.54, 1.807) is 0 Å². The molecule has 0 aromatic rings. The molecule has 2 aliphatic rings. The van der Waals surface area contributed by atoms with Gasteiger partial charge in [-0.1, -0.05) is 6.92 Å². The average molecular weight is 254 g/mol. The number of nitrogens with two attached hydrogens (primary N) is 1. The number of hydrogen-bond donors (Lipinski definition) is 2. The fourth-order valence-corrected chi connectivity index (χ4v) is 3.04. The molecule has 5 unspecified atom stereocenters. The van der Waals surface area contributed by atoms with Gasteiger partial charge in [-0.05, 0) is 44.9 Å². The molecule has 2 fully saturated rings. The van der Waals surface area contributed by atoms with Crippen LogP contribution < -0.4 is 11.1 Å². The Morgan fingerprint density at radius 1 is 1.22 bits per heavy atom. The van der Waals surface area contributed by atoms with Crippen LogP contribution in [0.4, 0.5) is 0 Å². The lowest BCUT2D eigenvalue weighted by molar-refractivity contribution is -0.128. The lowest BCUT2D eigenvalue weighted by Crippen LogP contribution is -2.46. The van der Waals surface area contributed by atoms with E-state index < -0.39 is 0 Å². The predicted octanol–water partition coefficient (Wildman–Crippen LogP) is 1.43. The van der Waals surface area contributed by atoms with E-state index in [9.17, 15) is 4.79 Å². The fourth-order valence-electron chi connectivity index (χ4n) is 3.04. The first kappa shape index (κ1) is 13.8. The van der Waals surface area contributed by atoms with Gasteiger partial charge in [0.15, 0.2) is 0 Å². The van der Waals surface area contributed by atoms with Crippen molar-refractivity contribution in [2.75, 3.05) is 6.61 Å². The van der Waals surface area contributed by atoms with Gasteiger partial charge < -0.3 is 15.8 Å². The van der Waals surface area contributed by atoms with Gasteiger partial charge in [-0.2, -0.15) is 0 Å². The van der Waals surface area contributed by atoms with E-state index in [0.29, 0.717) is 5.92 Å². The summed E-state index contributed by atoms with van der Waals surface area (Å²) >= 11 is 0. The number of hydrogen-bond acceptors (Lipinski definition) is 3. The standard InChI is InChI=1S/C14H26N2O2/c1-9-3-4-11(8-13(9)15)14(17)16-12-5-6-18-10(2)7-12/h9-13H,3-8,15H2,1-2H3,(H,16,17). The quantitative estimate of drug-likeness (QED) is 0.783. The van der Waals surface area contributed by atoms with E-state index in [-0.39, 0.29) is 30.0 Å². The maximum atomic E-state index is 12.2. The molecule has 5 atom stereocenters. The molecule has 1 saturated heterocycles. The predicted molar refractivity (Wildman–Crippen MR) is 71.1 cm³/mol. The molecule has 18 heavy (non-hydrogen) atoms. The molecular formula is C14H26N2O2. The van der Waals surface area contributed by atoms with Gasteiger partial charge in [0.25, 0.3) is 0 Å². The minimum Gasteiger partial charge on any atom is -0.378 e. The highest BCUT2D eigenvalue weighted by Gasteiger charge is 2.31. The summed E-state index contributed by atoms with van der Waals surface area (Å²) in [6, 6.07) is 0.472. The molecule has 1 amide bonds. The van der Waals surface area contributed by atoms with Crippen LogP contribution in [0.25, 0.3) is 0 Å². The van der Waals surface area contributed by atoms with Crippen molar-refractivity contribution >= 4 is 5.91 Å². The van der Waals surface area contributed by atoms with Gasteiger partial charge in [-0.15, -0.1) is 0 Å². The number of carbonyl (C=O) groups is 1. The van der Waals surface area contributed by atoms with Crippen molar-refractivity contribution in [2.45, 2.75) is 64.1 Å². The lowest BCUT2D eigenvalue weighted by Gasteiger charge is -2.33. The maximum Gasteiger partial charge on any atom is 0.223 e. The molecule has 0 bridgehead atoms. The molecule has 0 radical (unpaired) electrons. The molecule has 0 aromatic carbocycles. The summed E-state index contributed by atoms with van der Waals surface area (Å²) in [7, 11) is 0. The molecule has 104 valence electrons. The van der Waals surface area contributed by atoms with Crippen LogP contribution in [0.5, 0.6) is 0 Å². The topological polar surface area (TPSA) is 64.4 Å². The van der Waals surface area contributed by atoms with Crippen molar-refractivity contribution in [1.29, 1.82) is 0 Å². The Morgan fingerprint density at radius 3 is 2.67 bits per heavy atom. The van der Waals surface area contributed by atoms with Crippen molar-refractivity contribution in [3.8, 4) is 0 Å². The van der Waals surface area contributed by atoms with Crippen LogP contribution >= 0.6 is 0 Å². The second-order valence-corrected chi connectivity index (χ2v) is 6.06. The van der Waals surface area contributed by atoms with E-state index in [1.807, 2.05) is 0 Å². The highest BCUT2D eigenvalue weighted by atomic mass is 16.5. The van der Waals surface area contributed by atoms with Gasteiger partial charge in [-0.25, -0.2) is 0 Å². The van der Waals surface area contributed by atoms with Crippen LogP contribution in [-0.4, -0.2) is 30.7 Å². The fraction of sp³-hybridized carbons (Fsp3) is 0.929. The summed E-state index contributed by atoms with van der Waals surface area (Å²) < 4.78 is 5.49. The zero-order valence-corrected chi connectivity index (χ0v) is 11.5. The highest BCUT2D eigenvalue weighted by molar-refractivity contribution is 5.79. The first-order chi connectivity index (χ1) is 8.56. The summed E-state index contributed by atoms with van der Waals surface area (Å²) in [5.74, 6) is 0.878. The van der Waals surface area contributed by atoms with Gasteiger partial charge in [0.05, 0.1) is 6.10 Å². The smallest absolute Gasteiger partial charge is 0.223 e. The Bertz CT molecular complexity index is 296. The Balaban J connectivity index is 1.80. The van der Waals surface area contributed by atoms with Crippen molar-refractivity contribution in [3.63, 3.8) is 0 Å². The van der Waals surface area contributed by atoms with Crippen molar-refractivity contribution in [1.82, 2.24) is 5.32 Å². The number of carbonyl (C=O) groups excluding carboxylic acids is 1. The third-order valence-electron chi connectivity index (χ3n) is 4.46. The summed E-state index contributed by atoms with van der Waals surface area (Å²) in [4.78, 5) is 12.2. The number of rotatable bonds is 2. The van der Waals surface area contributed by atoms with Crippen LogP contribution in [0.1, 0.15) is 46.0 Å². The summed E-state index contributed by atoms with van der Waals surface area (Å²) in [5, 5.41) is 3.18. The Labute approximate surface area is 110 Å².